The molecule has 0 heterocycles. The first-order valence-electron chi connectivity index (χ1n) is 7.96. The third-order valence-electron chi connectivity index (χ3n) is 3.98. The van der Waals surface area contributed by atoms with Crippen LogP contribution in [-0.2, 0) is 0 Å². The predicted molar refractivity (Wildman–Crippen MR) is 94.7 cm³/mol. The average molecular weight is 301 g/mol. The molecule has 0 aliphatic heterocycles. The molecule has 0 saturated heterocycles. The van der Waals surface area contributed by atoms with Crippen molar-refractivity contribution in [3.8, 4) is 22.9 Å². The van der Waals surface area contributed by atoms with Gasteiger partial charge in [0.1, 0.15) is 16.1 Å². The van der Waals surface area contributed by atoms with E-state index in [0.29, 0.717) is 0 Å². The number of hydrogen-bond donors (Lipinski definition) is 0. The van der Waals surface area contributed by atoms with E-state index >= 15 is 0 Å². The van der Waals surface area contributed by atoms with Crippen molar-refractivity contribution in [2.45, 2.75) is 65.0 Å². The van der Waals surface area contributed by atoms with Crippen LogP contribution in [0.3, 0.4) is 0 Å². The maximum Gasteiger partial charge on any atom is 0.129 e. The number of hydrogen-bond acceptors (Lipinski definition) is 0. The van der Waals surface area contributed by atoms with Gasteiger partial charge in [0.25, 0.3) is 0 Å². The van der Waals surface area contributed by atoms with Gasteiger partial charge in [-0.25, -0.2) is 0 Å². The third kappa shape index (κ3) is 4.14. The fraction of sp³-hybridized carbons (Fsp3) is 0.667. The fourth-order valence-electron chi connectivity index (χ4n) is 2.96. The van der Waals surface area contributed by atoms with E-state index in [4.69, 9.17) is 0 Å². The summed E-state index contributed by atoms with van der Waals surface area (Å²) in [5.41, 5.74) is 10.0. The molecule has 2 heteroatoms. The van der Waals surface area contributed by atoms with Gasteiger partial charge in [0.15, 0.2) is 0 Å². The van der Waals surface area contributed by atoms with Crippen molar-refractivity contribution >= 4 is 16.1 Å². The Hall–Kier alpha value is -0.706. The lowest BCUT2D eigenvalue weighted by Crippen LogP contribution is -2.27. The Morgan fingerprint density at radius 3 is 1.20 bits per heavy atom. The van der Waals surface area contributed by atoms with Gasteiger partial charge in [-0.2, -0.15) is 0 Å². The summed E-state index contributed by atoms with van der Waals surface area (Å²) >= 11 is 0. The van der Waals surface area contributed by atoms with Crippen LogP contribution in [0.15, 0.2) is 11.1 Å². The van der Waals surface area contributed by atoms with Crippen LogP contribution in [0, 0.1) is 34.8 Å². The van der Waals surface area contributed by atoms with Gasteiger partial charge in [0.05, 0.1) is 0 Å². The smallest absolute Gasteiger partial charge is 0.127 e. The van der Waals surface area contributed by atoms with Crippen LogP contribution >= 0.6 is 0 Å². The second-order valence-corrected chi connectivity index (χ2v) is 17.9. The number of rotatable bonds is 0. The van der Waals surface area contributed by atoms with Crippen LogP contribution < -0.4 is 0 Å². The standard InChI is InChI=1S/C18H28Si2/c1-19(2,3)13-11-17-15-7-9-16(10-8-15)18(17)12-14-20(4,5)6/h15-16H,7-10H2,1-6H3. The van der Waals surface area contributed by atoms with E-state index in [2.05, 4.69) is 62.2 Å². The van der Waals surface area contributed by atoms with Crippen LogP contribution in [0.2, 0.25) is 39.3 Å². The minimum atomic E-state index is -1.29. The van der Waals surface area contributed by atoms with E-state index in [-0.39, 0.29) is 0 Å². The maximum atomic E-state index is 3.58. The minimum absolute atomic E-state index is 0.717. The summed E-state index contributed by atoms with van der Waals surface area (Å²) in [6, 6.07) is 0. The molecular formula is C18H28Si2. The van der Waals surface area contributed by atoms with E-state index in [9.17, 15) is 0 Å². The van der Waals surface area contributed by atoms with Gasteiger partial charge in [0, 0.05) is 11.1 Å². The molecule has 0 radical (unpaired) electrons. The topological polar surface area (TPSA) is 0 Å². The molecule has 0 unspecified atom stereocenters. The largest absolute Gasteiger partial charge is 0.129 e. The van der Waals surface area contributed by atoms with Gasteiger partial charge in [-0.1, -0.05) is 51.1 Å². The first-order chi connectivity index (χ1) is 9.16. The molecule has 3 rings (SSSR count). The van der Waals surface area contributed by atoms with Crippen molar-refractivity contribution in [2.75, 3.05) is 0 Å². The summed E-state index contributed by atoms with van der Waals surface area (Å²) in [4.78, 5) is 0. The molecule has 0 atom stereocenters. The molecule has 1 saturated carbocycles. The molecule has 0 aromatic heterocycles. The highest BCUT2D eigenvalue weighted by Gasteiger charge is 2.34. The Balaban J connectivity index is 2.42. The molecule has 0 spiro atoms. The molecule has 0 N–H and O–H groups in total. The monoisotopic (exact) mass is 300 g/mol. The Labute approximate surface area is 127 Å². The highest BCUT2D eigenvalue weighted by atomic mass is 28.3. The summed E-state index contributed by atoms with van der Waals surface area (Å²) in [6.07, 6.45) is 5.38. The highest BCUT2D eigenvalue weighted by molar-refractivity contribution is 6.84. The summed E-state index contributed by atoms with van der Waals surface area (Å²) in [5.74, 6) is 8.60. The van der Waals surface area contributed by atoms with Crippen LogP contribution in [0.5, 0.6) is 0 Å². The summed E-state index contributed by atoms with van der Waals surface area (Å²) in [7, 11) is -2.59. The van der Waals surface area contributed by atoms with E-state index in [0.717, 1.165) is 11.8 Å². The molecule has 108 valence electrons. The van der Waals surface area contributed by atoms with E-state index < -0.39 is 16.1 Å². The average Bonchev–Trinajstić information content (AvgIpc) is 2.33. The molecular weight excluding hydrogens is 272 g/mol. The zero-order valence-electron chi connectivity index (χ0n) is 14.0. The summed E-state index contributed by atoms with van der Waals surface area (Å²) in [6.45, 7) is 14.0. The highest BCUT2D eigenvalue weighted by Crippen LogP contribution is 2.44. The maximum absolute atomic E-state index is 3.58. The normalized spacial score (nSPS) is 25.7. The Morgan fingerprint density at radius 1 is 0.650 bits per heavy atom. The van der Waals surface area contributed by atoms with Crippen molar-refractivity contribution in [1.29, 1.82) is 0 Å². The lowest BCUT2D eigenvalue weighted by atomic mass is 9.67. The third-order valence-corrected chi connectivity index (χ3v) is 5.73. The molecule has 0 aromatic rings. The Bertz CT molecular complexity index is 474. The van der Waals surface area contributed by atoms with Gasteiger partial charge < -0.3 is 0 Å². The van der Waals surface area contributed by atoms with Crippen LogP contribution in [0.4, 0.5) is 0 Å². The Kier molecular flexibility index (Phi) is 4.38. The second-order valence-electron chi connectivity index (χ2n) is 8.38. The summed E-state index contributed by atoms with van der Waals surface area (Å²) in [5, 5.41) is 0. The first kappa shape index (κ1) is 15.7. The Morgan fingerprint density at radius 2 is 0.950 bits per heavy atom. The van der Waals surface area contributed by atoms with Crippen molar-refractivity contribution < 1.29 is 0 Å². The van der Waals surface area contributed by atoms with Gasteiger partial charge >= 0.3 is 0 Å². The van der Waals surface area contributed by atoms with E-state index in [1.54, 1.807) is 0 Å². The second kappa shape index (κ2) is 5.59. The molecule has 0 amide bonds. The van der Waals surface area contributed by atoms with Crippen molar-refractivity contribution in [3.05, 3.63) is 11.1 Å². The quantitative estimate of drug-likeness (QED) is 0.442. The molecule has 3 aliphatic rings. The first-order valence-corrected chi connectivity index (χ1v) is 15.0. The van der Waals surface area contributed by atoms with Gasteiger partial charge in [-0.15, -0.1) is 11.1 Å². The van der Waals surface area contributed by atoms with Crippen molar-refractivity contribution in [2.24, 2.45) is 11.8 Å². The van der Waals surface area contributed by atoms with Crippen LogP contribution in [0.25, 0.3) is 0 Å². The molecule has 0 aromatic carbocycles. The predicted octanol–water partition coefficient (Wildman–Crippen LogP) is 4.86. The number of allylic oxidation sites excluding steroid dienone is 2. The minimum Gasteiger partial charge on any atom is -0.127 e. The van der Waals surface area contributed by atoms with Gasteiger partial charge in [0.2, 0.25) is 0 Å². The lowest BCUT2D eigenvalue weighted by molar-refractivity contribution is 0.309. The number of fused-ring (bicyclic) bond motifs is 2. The van der Waals surface area contributed by atoms with Gasteiger partial charge in [-0.3, -0.25) is 0 Å². The van der Waals surface area contributed by atoms with Crippen molar-refractivity contribution in [3.63, 3.8) is 0 Å². The zero-order chi connectivity index (χ0) is 15.0. The molecule has 3 aliphatic carbocycles. The summed E-state index contributed by atoms with van der Waals surface area (Å²) < 4.78 is 0. The zero-order valence-corrected chi connectivity index (χ0v) is 16.0. The SMILES string of the molecule is C[Si](C)(C)C#CC1=C(C#C[Si](C)(C)C)C2CCC1CC2. The van der Waals surface area contributed by atoms with Gasteiger partial charge in [-0.05, 0) is 37.5 Å². The molecule has 0 nitrogen and oxygen atoms in total. The lowest BCUT2D eigenvalue weighted by Gasteiger charge is -2.36. The molecule has 2 bridgehead atoms. The molecule has 20 heavy (non-hydrogen) atoms. The van der Waals surface area contributed by atoms with Crippen LogP contribution in [0.1, 0.15) is 25.7 Å². The van der Waals surface area contributed by atoms with E-state index in [1.807, 2.05) is 0 Å². The van der Waals surface area contributed by atoms with Crippen LogP contribution in [-0.4, -0.2) is 16.1 Å². The molecule has 1 fully saturated rings. The fourth-order valence-corrected chi connectivity index (χ4v) is 3.98. The van der Waals surface area contributed by atoms with E-state index in [1.165, 1.54) is 36.8 Å². The van der Waals surface area contributed by atoms with Crippen molar-refractivity contribution in [1.82, 2.24) is 0 Å².